The second kappa shape index (κ2) is 7.15. The lowest BCUT2D eigenvalue weighted by atomic mass is 10.2. The van der Waals surface area contributed by atoms with E-state index in [1.165, 1.54) is 6.42 Å². The molecule has 16 heavy (non-hydrogen) atoms. The highest BCUT2D eigenvalue weighted by Crippen LogP contribution is 2.13. The Morgan fingerprint density at radius 2 is 2.12 bits per heavy atom. The molecule has 0 amide bonds. The van der Waals surface area contributed by atoms with E-state index in [4.69, 9.17) is 17.5 Å². The van der Waals surface area contributed by atoms with Crippen LogP contribution < -0.4 is 0 Å². The molecule has 0 spiro atoms. The number of hydrogen-bond donors (Lipinski definition) is 2. The summed E-state index contributed by atoms with van der Waals surface area (Å²) >= 11 is 0. The Labute approximate surface area is 95.2 Å². The van der Waals surface area contributed by atoms with Crippen LogP contribution in [0.3, 0.4) is 0 Å². The van der Waals surface area contributed by atoms with Crippen molar-refractivity contribution in [3.05, 3.63) is 31.4 Å². The molecule has 0 fully saturated rings. The molecule has 1 unspecified atom stereocenters. The molecule has 0 bridgehead atoms. The van der Waals surface area contributed by atoms with Crippen LogP contribution in [0.5, 0.6) is 0 Å². The molecule has 7 heteroatoms. The molecule has 6 nitrogen and oxygen atoms in total. The lowest BCUT2D eigenvalue weighted by Gasteiger charge is -2.11. The van der Waals surface area contributed by atoms with Gasteiger partial charge in [-0.25, -0.2) is 4.98 Å². The monoisotopic (exact) mass is 248 g/mol. The molecule has 0 aliphatic heterocycles. The van der Waals surface area contributed by atoms with Gasteiger partial charge in [-0.05, 0) is 6.42 Å². The summed E-state index contributed by atoms with van der Waals surface area (Å²) in [4.78, 5) is 3.99. The molecule has 1 aromatic rings. The molecule has 0 aliphatic rings. The predicted molar refractivity (Wildman–Crippen MR) is 60.5 cm³/mol. The van der Waals surface area contributed by atoms with Crippen molar-refractivity contribution in [3.8, 4) is 0 Å². The van der Waals surface area contributed by atoms with Crippen molar-refractivity contribution < 1.29 is 17.5 Å². The van der Waals surface area contributed by atoms with Crippen molar-refractivity contribution in [2.24, 2.45) is 0 Å². The van der Waals surface area contributed by atoms with Gasteiger partial charge in [-0.2, -0.15) is 8.42 Å². The second-order valence-corrected chi connectivity index (χ2v) is 3.95. The number of aromatic nitrogens is 2. The van der Waals surface area contributed by atoms with Gasteiger partial charge in [-0.15, -0.1) is 6.58 Å². The Balaban J connectivity index is 0.000000385. The van der Waals surface area contributed by atoms with Crippen molar-refractivity contribution in [2.45, 2.75) is 25.8 Å². The lowest BCUT2D eigenvalue weighted by molar-refractivity contribution is 0.381. The molecule has 92 valence electrons. The van der Waals surface area contributed by atoms with Crippen molar-refractivity contribution in [1.29, 1.82) is 0 Å². The molecule has 0 aromatic carbocycles. The van der Waals surface area contributed by atoms with E-state index in [0.29, 0.717) is 6.04 Å². The zero-order valence-electron chi connectivity index (χ0n) is 9.02. The lowest BCUT2D eigenvalue weighted by Crippen LogP contribution is -2.02. The number of allylic oxidation sites excluding steroid dienone is 1. The Bertz CT molecular complexity index is 378. The number of rotatable bonds is 4. The van der Waals surface area contributed by atoms with E-state index in [1.54, 1.807) is 6.20 Å². The van der Waals surface area contributed by atoms with Gasteiger partial charge in [-0.1, -0.05) is 19.4 Å². The van der Waals surface area contributed by atoms with Gasteiger partial charge in [0.25, 0.3) is 0 Å². The van der Waals surface area contributed by atoms with Crippen LogP contribution in [-0.2, 0) is 10.4 Å². The SMILES string of the molecule is C=CC(CCC)n1ccnc1.O=S(=O)(O)O. The first-order valence-corrected chi connectivity index (χ1v) is 6.08. The van der Waals surface area contributed by atoms with E-state index in [9.17, 15) is 0 Å². The van der Waals surface area contributed by atoms with E-state index >= 15 is 0 Å². The minimum atomic E-state index is -4.67. The number of hydrogen-bond acceptors (Lipinski definition) is 3. The van der Waals surface area contributed by atoms with Crippen LogP contribution >= 0.6 is 0 Å². The fraction of sp³-hybridized carbons (Fsp3) is 0.444. The molecule has 0 saturated carbocycles. The van der Waals surface area contributed by atoms with Gasteiger partial charge < -0.3 is 4.57 Å². The Morgan fingerprint density at radius 1 is 1.56 bits per heavy atom. The highest BCUT2D eigenvalue weighted by molar-refractivity contribution is 7.79. The number of imidazole rings is 1. The van der Waals surface area contributed by atoms with Crippen molar-refractivity contribution >= 4 is 10.4 Å². The zero-order valence-corrected chi connectivity index (χ0v) is 9.84. The van der Waals surface area contributed by atoms with Gasteiger partial charge >= 0.3 is 10.4 Å². The van der Waals surface area contributed by atoms with Crippen LogP contribution in [-0.4, -0.2) is 27.1 Å². The molecule has 0 saturated heterocycles. The van der Waals surface area contributed by atoms with E-state index in [1.807, 2.05) is 18.6 Å². The van der Waals surface area contributed by atoms with E-state index in [-0.39, 0.29) is 0 Å². The molecule has 1 heterocycles. The van der Waals surface area contributed by atoms with Gasteiger partial charge in [0.05, 0.1) is 12.4 Å². The normalized spacial score (nSPS) is 12.4. The summed E-state index contributed by atoms with van der Waals surface area (Å²) < 4.78 is 33.7. The standard InChI is InChI=1S/C9H14N2.H2O4S/c1-3-5-9(4-2)11-7-6-10-8-11;1-5(2,3)4/h4,6-9H,2-3,5H2,1H3;(H2,1,2,3,4). The summed E-state index contributed by atoms with van der Waals surface area (Å²) in [5.41, 5.74) is 0. The fourth-order valence-electron chi connectivity index (χ4n) is 1.15. The van der Waals surface area contributed by atoms with Crippen molar-refractivity contribution in [3.63, 3.8) is 0 Å². The fourth-order valence-corrected chi connectivity index (χ4v) is 1.15. The Kier molecular flexibility index (Phi) is 6.63. The molecule has 0 radical (unpaired) electrons. The first-order valence-electron chi connectivity index (χ1n) is 4.68. The maximum atomic E-state index is 8.74. The summed E-state index contributed by atoms with van der Waals surface area (Å²) in [6.45, 7) is 5.96. The summed E-state index contributed by atoms with van der Waals surface area (Å²) in [7, 11) is -4.67. The zero-order chi connectivity index (χ0) is 12.6. The van der Waals surface area contributed by atoms with Crippen molar-refractivity contribution in [2.75, 3.05) is 0 Å². The quantitative estimate of drug-likeness (QED) is 0.625. The van der Waals surface area contributed by atoms with Crippen LogP contribution in [0.4, 0.5) is 0 Å². The first kappa shape index (κ1) is 14.8. The third-order valence-corrected chi connectivity index (χ3v) is 1.76. The molecule has 1 aromatic heterocycles. The van der Waals surface area contributed by atoms with Crippen molar-refractivity contribution in [1.82, 2.24) is 9.55 Å². The highest BCUT2D eigenvalue weighted by atomic mass is 32.3. The number of nitrogens with zero attached hydrogens (tertiary/aromatic N) is 2. The van der Waals surface area contributed by atoms with Crippen LogP contribution in [0.1, 0.15) is 25.8 Å². The third-order valence-electron chi connectivity index (χ3n) is 1.76. The second-order valence-electron chi connectivity index (χ2n) is 3.05. The maximum absolute atomic E-state index is 8.74. The van der Waals surface area contributed by atoms with Gasteiger partial charge in [-0.3, -0.25) is 9.11 Å². The van der Waals surface area contributed by atoms with Crippen LogP contribution in [0.25, 0.3) is 0 Å². The van der Waals surface area contributed by atoms with Gasteiger partial charge in [0.2, 0.25) is 0 Å². The average Bonchev–Trinajstić information content (AvgIpc) is 2.64. The van der Waals surface area contributed by atoms with Gasteiger partial charge in [0.1, 0.15) is 0 Å². The minimum absolute atomic E-state index is 0.419. The molecule has 0 aliphatic carbocycles. The predicted octanol–water partition coefficient (Wildman–Crippen LogP) is 1.76. The largest absolute Gasteiger partial charge is 0.394 e. The van der Waals surface area contributed by atoms with Gasteiger partial charge in [0, 0.05) is 12.4 Å². The highest BCUT2D eigenvalue weighted by Gasteiger charge is 2.02. The maximum Gasteiger partial charge on any atom is 0.394 e. The van der Waals surface area contributed by atoms with Gasteiger partial charge in [0.15, 0.2) is 0 Å². The Morgan fingerprint density at radius 3 is 2.44 bits per heavy atom. The summed E-state index contributed by atoms with van der Waals surface area (Å²) in [5, 5.41) is 0. The average molecular weight is 248 g/mol. The minimum Gasteiger partial charge on any atom is -0.331 e. The molecule has 1 rings (SSSR count). The molecular formula is C9H16N2O4S. The van der Waals surface area contributed by atoms with E-state index in [0.717, 1.165) is 6.42 Å². The Hall–Kier alpha value is -1.18. The molecule has 2 N–H and O–H groups in total. The third kappa shape index (κ3) is 8.16. The van der Waals surface area contributed by atoms with Crippen LogP contribution in [0.15, 0.2) is 31.4 Å². The molecular weight excluding hydrogens is 232 g/mol. The molecule has 1 atom stereocenters. The van der Waals surface area contributed by atoms with E-state index in [2.05, 4.69) is 23.1 Å². The topological polar surface area (TPSA) is 92.4 Å². The first-order chi connectivity index (χ1) is 7.38. The van der Waals surface area contributed by atoms with Crippen LogP contribution in [0, 0.1) is 0 Å². The van der Waals surface area contributed by atoms with Crippen LogP contribution in [0.2, 0.25) is 0 Å². The summed E-state index contributed by atoms with van der Waals surface area (Å²) in [5.74, 6) is 0. The summed E-state index contributed by atoms with van der Waals surface area (Å²) in [6.07, 6.45) is 9.89. The summed E-state index contributed by atoms with van der Waals surface area (Å²) in [6, 6.07) is 0.419. The smallest absolute Gasteiger partial charge is 0.331 e. The van der Waals surface area contributed by atoms with E-state index < -0.39 is 10.4 Å².